The summed E-state index contributed by atoms with van der Waals surface area (Å²) in [5.41, 5.74) is 5.16. The van der Waals surface area contributed by atoms with E-state index < -0.39 is 30.4 Å². The van der Waals surface area contributed by atoms with Crippen LogP contribution in [-0.2, 0) is 7.05 Å². The van der Waals surface area contributed by atoms with Gasteiger partial charge in [-0.2, -0.15) is 9.83 Å². The highest BCUT2D eigenvalue weighted by Gasteiger charge is 2.24. The fourth-order valence-corrected chi connectivity index (χ4v) is 4.88. The van der Waals surface area contributed by atoms with Crippen LogP contribution in [0.4, 0.5) is 4.39 Å². The van der Waals surface area contributed by atoms with Gasteiger partial charge in [-0.05, 0) is 53.7 Å². The van der Waals surface area contributed by atoms with Crippen molar-refractivity contribution in [1.82, 2.24) is 0 Å². The summed E-state index contributed by atoms with van der Waals surface area (Å²) in [5.74, 6) is -1.26. The number of fused-ring (bicyclic) bond motifs is 3. The van der Waals surface area contributed by atoms with Crippen molar-refractivity contribution in [1.29, 1.82) is 5.26 Å². The van der Waals surface area contributed by atoms with Crippen LogP contribution in [0.3, 0.4) is 0 Å². The normalized spacial score (nSPS) is 13.5. The Labute approximate surface area is 221 Å². The van der Waals surface area contributed by atoms with Gasteiger partial charge >= 0.3 is 0 Å². The predicted molar refractivity (Wildman–Crippen MR) is 145 cm³/mol. The second-order valence-corrected chi connectivity index (χ2v) is 8.99. The second-order valence-electron chi connectivity index (χ2n) is 8.99. The number of hydrogen-bond acceptors (Lipinski definition) is 2. The van der Waals surface area contributed by atoms with Crippen molar-refractivity contribution >= 4 is 21.9 Å². The van der Waals surface area contributed by atoms with Gasteiger partial charge in [0.05, 0.1) is 18.6 Å². The molecular weight excluding hydrogens is 459 g/mol. The van der Waals surface area contributed by atoms with E-state index in [9.17, 15) is 5.26 Å². The summed E-state index contributed by atoms with van der Waals surface area (Å²) in [6.45, 7) is -1.17. The largest absolute Gasteiger partial charge is 0.454 e. The summed E-state index contributed by atoms with van der Waals surface area (Å²) < 4.78 is 63.4. The maximum atomic E-state index is 15.0. The van der Waals surface area contributed by atoms with Crippen LogP contribution in [-0.4, -0.2) is 0 Å². The zero-order valence-electron chi connectivity index (χ0n) is 25.2. The molecule has 0 unspecified atom stereocenters. The average Bonchev–Trinajstić information content (AvgIpc) is 3.36. The van der Waals surface area contributed by atoms with E-state index in [1.807, 2.05) is 66.7 Å². The molecule has 0 aliphatic carbocycles. The van der Waals surface area contributed by atoms with Gasteiger partial charge in [0.25, 0.3) is 0 Å². The molecule has 0 N–H and O–H groups in total. The summed E-state index contributed by atoms with van der Waals surface area (Å²) in [7, 11) is 1.42. The Morgan fingerprint density at radius 2 is 1.62 bits per heavy atom. The smallest absolute Gasteiger partial charge is 0.216 e. The van der Waals surface area contributed by atoms with Gasteiger partial charge < -0.3 is 4.42 Å². The van der Waals surface area contributed by atoms with Crippen molar-refractivity contribution in [2.75, 3.05) is 0 Å². The minimum Gasteiger partial charge on any atom is -0.454 e. The number of nitriles is 1. The molecule has 3 nitrogen and oxygen atoms in total. The maximum absolute atomic E-state index is 15.0. The molecule has 0 bridgehead atoms. The highest BCUT2D eigenvalue weighted by molar-refractivity contribution is 6.15. The third kappa shape index (κ3) is 3.68. The zero-order valence-corrected chi connectivity index (χ0v) is 20.2. The SMILES string of the molecule is [2H]c1c(C([2H])([2H])[2H])c(F)c([2H])[n+](C)c1-c1c(C)ccc2c1oc1c(-c3ccc(-c4ccccc4)cc3)ccc(C#N)c12. The molecule has 6 aromatic rings. The first-order valence-electron chi connectivity index (χ1n) is 14.3. The molecule has 0 amide bonds. The number of rotatable bonds is 3. The predicted octanol–water partition coefficient (Wildman–Crippen LogP) is 8.04. The second kappa shape index (κ2) is 8.72. The van der Waals surface area contributed by atoms with Gasteiger partial charge in [0.2, 0.25) is 11.9 Å². The first-order valence-corrected chi connectivity index (χ1v) is 11.8. The van der Waals surface area contributed by atoms with Crippen LogP contribution in [0.25, 0.3) is 55.4 Å². The summed E-state index contributed by atoms with van der Waals surface area (Å²) in [6, 6.07) is 26.9. The molecule has 37 heavy (non-hydrogen) atoms. The fraction of sp³-hybridized carbons (Fsp3) is 0.0909. The Bertz CT molecular complexity index is 2080. The molecule has 178 valence electrons. The first kappa shape index (κ1) is 17.6. The van der Waals surface area contributed by atoms with Crippen LogP contribution in [0, 0.1) is 30.9 Å². The van der Waals surface area contributed by atoms with Crippen LogP contribution in [0.5, 0.6) is 0 Å². The number of pyridine rings is 1. The Kier molecular flexibility index (Phi) is 4.16. The van der Waals surface area contributed by atoms with Gasteiger partial charge in [-0.3, -0.25) is 0 Å². The van der Waals surface area contributed by atoms with Crippen LogP contribution >= 0.6 is 0 Å². The number of furan rings is 1. The van der Waals surface area contributed by atoms with Crippen LogP contribution in [0.1, 0.15) is 23.5 Å². The topological polar surface area (TPSA) is 40.8 Å². The number of halogens is 1. The lowest BCUT2D eigenvalue weighted by Crippen LogP contribution is -2.31. The van der Waals surface area contributed by atoms with E-state index in [4.69, 9.17) is 11.3 Å². The number of aromatic nitrogens is 1. The highest BCUT2D eigenvalue weighted by atomic mass is 19.1. The van der Waals surface area contributed by atoms with E-state index in [1.54, 1.807) is 19.1 Å². The van der Waals surface area contributed by atoms with Gasteiger partial charge in [-0.25, -0.2) is 4.39 Å². The van der Waals surface area contributed by atoms with Crippen LogP contribution in [0.15, 0.2) is 95.5 Å². The molecule has 0 aliphatic heterocycles. The lowest BCUT2D eigenvalue weighted by Gasteiger charge is -2.07. The van der Waals surface area contributed by atoms with E-state index in [1.165, 1.54) is 7.05 Å². The van der Waals surface area contributed by atoms with Gasteiger partial charge in [0, 0.05) is 26.5 Å². The van der Waals surface area contributed by atoms with E-state index in [2.05, 4.69) is 6.07 Å². The van der Waals surface area contributed by atoms with Crippen molar-refractivity contribution in [3.05, 3.63) is 114 Å². The summed E-state index contributed by atoms with van der Waals surface area (Å²) in [4.78, 5) is 0. The number of benzene rings is 4. The molecule has 0 spiro atoms. The summed E-state index contributed by atoms with van der Waals surface area (Å²) in [6.07, 6.45) is -0.656. The molecule has 2 aromatic heterocycles. The average molecular weight is 489 g/mol. The summed E-state index contributed by atoms with van der Waals surface area (Å²) >= 11 is 0. The third-order valence-electron chi connectivity index (χ3n) is 6.72. The summed E-state index contributed by atoms with van der Waals surface area (Å²) in [5, 5.41) is 11.2. The third-order valence-corrected chi connectivity index (χ3v) is 6.72. The molecule has 4 aromatic carbocycles. The standard InChI is InChI=1S/C33H24FN2O/c1-20-9-15-27-31-25(18-35)14-16-26(24-12-10-23(11-13-24)22-7-5-4-6-8-22)32(31)37-33(27)30(20)29-17-21(2)28(34)19-36(29)3/h4-17,19H,1-3H3/q+1/i2D3,17D,19D. The molecule has 0 saturated heterocycles. The molecule has 0 atom stereocenters. The van der Waals surface area contributed by atoms with Crippen molar-refractivity contribution in [2.24, 2.45) is 7.05 Å². The van der Waals surface area contributed by atoms with Crippen LogP contribution in [0.2, 0.25) is 0 Å². The molecule has 0 fully saturated rings. The van der Waals surface area contributed by atoms with E-state index in [0.717, 1.165) is 26.8 Å². The molecule has 6 rings (SSSR count). The molecule has 0 radical (unpaired) electrons. The Morgan fingerprint density at radius 1 is 0.892 bits per heavy atom. The molecular formula is C33H24FN2O+. The van der Waals surface area contributed by atoms with Crippen molar-refractivity contribution in [3.63, 3.8) is 0 Å². The van der Waals surface area contributed by atoms with Gasteiger partial charge in [0.15, 0.2) is 5.82 Å². The molecule has 0 aliphatic rings. The number of aryl methyl sites for hydroxylation is 1. The van der Waals surface area contributed by atoms with Crippen molar-refractivity contribution in [3.8, 4) is 39.6 Å². The van der Waals surface area contributed by atoms with Gasteiger partial charge in [0.1, 0.15) is 19.6 Å². The Balaban J connectivity index is 1.66. The minimum atomic E-state index is -2.94. The van der Waals surface area contributed by atoms with Crippen molar-refractivity contribution < 1.29 is 20.2 Å². The van der Waals surface area contributed by atoms with E-state index in [0.29, 0.717) is 38.6 Å². The lowest BCUT2D eigenvalue weighted by atomic mass is 9.95. The minimum absolute atomic E-state index is 0.0435. The van der Waals surface area contributed by atoms with Gasteiger partial charge in [-0.15, -0.1) is 0 Å². The molecule has 0 saturated carbocycles. The van der Waals surface area contributed by atoms with E-state index in [-0.39, 0.29) is 5.69 Å². The monoisotopic (exact) mass is 488 g/mol. The maximum Gasteiger partial charge on any atom is 0.216 e. The Morgan fingerprint density at radius 3 is 2.35 bits per heavy atom. The van der Waals surface area contributed by atoms with E-state index >= 15 is 4.39 Å². The first-order chi connectivity index (χ1) is 20.0. The van der Waals surface area contributed by atoms with Crippen molar-refractivity contribution in [2.45, 2.75) is 13.8 Å². The van der Waals surface area contributed by atoms with Gasteiger partial charge in [-0.1, -0.05) is 66.7 Å². The molecule has 4 heteroatoms. The number of hydrogen-bond donors (Lipinski definition) is 0. The van der Waals surface area contributed by atoms with Crippen LogP contribution < -0.4 is 4.57 Å². The number of nitrogens with zero attached hydrogens (tertiary/aromatic N) is 2. The molecule has 2 heterocycles. The quantitative estimate of drug-likeness (QED) is 0.237. The lowest BCUT2D eigenvalue weighted by molar-refractivity contribution is -0.662. The highest BCUT2D eigenvalue weighted by Crippen LogP contribution is 2.42. The Hall–Kier alpha value is -4.75. The zero-order chi connectivity index (χ0) is 29.9. The fourth-order valence-electron chi connectivity index (χ4n) is 4.88.